The van der Waals surface area contributed by atoms with Gasteiger partial charge >= 0.3 is 0 Å². The van der Waals surface area contributed by atoms with Crippen LogP contribution in [-0.2, 0) is 0 Å². The number of halogens is 1. The van der Waals surface area contributed by atoms with E-state index in [-0.39, 0.29) is 17.5 Å². The van der Waals surface area contributed by atoms with Crippen LogP contribution in [0.25, 0.3) is 0 Å². The van der Waals surface area contributed by atoms with E-state index in [2.05, 4.69) is 24.1 Å². The molecule has 1 rings (SSSR count). The van der Waals surface area contributed by atoms with Crippen LogP contribution < -0.4 is 11.1 Å². The average molecular weight is 239 g/mol. The maximum Gasteiger partial charge on any atom is 0.253 e. The van der Waals surface area contributed by atoms with Gasteiger partial charge in [0.05, 0.1) is 11.8 Å². The van der Waals surface area contributed by atoms with Crippen LogP contribution >= 0.6 is 0 Å². The topological polar surface area (TPSA) is 68.0 Å². The van der Waals surface area contributed by atoms with Crippen molar-refractivity contribution in [3.05, 3.63) is 29.8 Å². The van der Waals surface area contributed by atoms with E-state index in [0.29, 0.717) is 12.5 Å². The number of hydrogen-bond acceptors (Lipinski definition) is 3. The van der Waals surface area contributed by atoms with Gasteiger partial charge in [-0.2, -0.15) is 0 Å². The molecule has 0 aliphatic heterocycles. The van der Waals surface area contributed by atoms with E-state index in [1.54, 1.807) is 0 Å². The zero-order valence-electron chi connectivity index (χ0n) is 10.1. The first-order chi connectivity index (χ1) is 7.99. The van der Waals surface area contributed by atoms with Gasteiger partial charge in [-0.3, -0.25) is 9.78 Å². The number of hydrogen-bond donors (Lipinski definition) is 2. The Labute approximate surface area is 100 Å². The van der Waals surface area contributed by atoms with Gasteiger partial charge in [0.2, 0.25) is 0 Å². The van der Waals surface area contributed by atoms with E-state index in [4.69, 9.17) is 5.73 Å². The summed E-state index contributed by atoms with van der Waals surface area (Å²) in [7, 11) is 0. The predicted octanol–water partition coefficient (Wildman–Crippen LogP) is 1.32. The van der Waals surface area contributed by atoms with Crippen molar-refractivity contribution >= 4 is 5.91 Å². The van der Waals surface area contributed by atoms with E-state index in [1.807, 2.05) is 0 Å². The van der Waals surface area contributed by atoms with Crippen molar-refractivity contribution in [1.82, 2.24) is 10.3 Å². The Morgan fingerprint density at radius 2 is 2.24 bits per heavy atom. The lowest BCUT2D eigenvalue weighted by atomic mass is 10.0. The molecule has 4 nitrogen and oxygen atoms in total. The zero-order chi connectivity index (χ0) is 12.8. The summed E-state index contributed by atoms with van der Waals surface area (Å²) in [5, 5.41) is 2.66. The number of carbonyl (C=O) groups excluding carboxylic acids is 1. The first-order valence-corrected chi connectivity index (χ1v) is 5.63. The lowest BCUT2D eigenvalue weighted by molar-refractivity contribution is 0.0949. The third kappa shape index (κ3) is 4.91. The molecule has 1 unspecified atom stereocenters. The Bertz CT molecular complexity index is 382. The van der Waals surface area contributed by atoms with Crippen LogP contribution in [-0.4, -0.2) is 23.5 Å². The van der Waals surface area contributed by atoms with Crippen LogP contribution in [0.15, 0.2) is 18.5 Å². The Balaban J connectivity index is 2.45. The Morgan fingerprint density at radius 1 is 1.53 bits per heavy atom. The first-order valence-electron chi connectivity index (χ1n) is 5.63. The molecule has 1 aromatic rings. The second-order valence-electron chi connectivity index (χ2n) is 4.49. The minimum atomic E-state index is -0.524. The molecule has 1 atom stereocenters. The summed E-state index contributed by atoms with van der Waals surface area (Å²) in [6.45, 7) is 4.52. The molecule has 0 saturated carbocycles. The minimum Gasteiger partial charge on any atom is -0.350 e. The van der Waals surface area contributed by atoms with Gasteiger partial charge in [-0.1, -0.05) is 13.8 Å². The highest BCUT2D eigenvalue weighted by atomic mass is 19.1. The third-order valence-electron chi connectivity index (χ3n) is 2.27. The van der Waals surface area contributed by atoms with Gasteiger partial charge in [0.15, 0.2) is 0 Å². The van der Waals surface area contributed by atoms with Crippen LogP contribution in [0.1, 0.15) is 30.6 Å². The number of nitrogens with one attached hydrogen (secondary N) is 1. The molecule has 0 bridgehead atoms. The molecular formula is C12H18FN3O. The SMILES string of the molecule is CC(C)CC(N)CNC(=O)c1cncc(F)c1. The molecule has 17 heavy (non-hydrogen) atoms. The normalized spacial score (nSPS) is 12.5. The summed E-state index contributed by atoms with van der Waals surface area (Å²) in [5.74, 6) is -0.391. The second kappa shape index (κ2) is 6.30. The maximum absolute atomic E-state index is 12.8. The number of carbonyl (C=O) groups is 1. The molecule has 0 fully saturated rings. The van der Waals surface area contributed by atoms with Crippen molar-refractivity contribution in [2.45, 2.75) is 26.3 Å². The lowest BCUT2D eigenvalue weighted by Crippen LogP contribution is -2.38. The second-order valence-corrected chi connectivity index (χ2v) is 4.49. The molecule has 0 saturated heterocycles. The highest BCUT2D eigenvalue weighted by molar-refractivity contribution is 5.93. The highest BCUT2D eigenvalue weighted by Gasteiger charge is 2.10. The molecule has 1 aromatic heterocycles. The number of nitrogens with zero attached hydrogens (tertiary/aromatic N) is 1. The number of pyridine rings is 1. The van der Waals surface area contributed by atoms with Crippen molar-refractivity contribution in [3.8, 4) is 0 Å². The largest absolute Gasteiger partial charge is 0.350 e. The fourth-order valence-electron chi connectivity index (χ4n) is 1.55. The summed E-state index contributed by atoms with van der Waals surface area (Å²) >= 11 is 0. The number of rotatable bonds is 5. The van der Waals surface area contributed by atoms with Gasteiger partial charge in [0, 0.05) is 18.8 Å². The van der Waals surface area contributed by atoms with E-state index in [1.165, 1.54) is 6.20 Å². The standard InChI is InChI=1S/C12H18FN3O/c1-8(2)3-11(14)7-16-12(17)9-4-10(13)6-15-5-9/h4-6,8,11H,3,7,14H2,1-2H3,(H,16,17). The number of amides is 1. The van der Waals surface area contributed by atoms with Crippen molar-refractivity contribution in [2.75, 3.05) is 6.54 Å². The summed E-state index contributed by atoms with van der Waals surface area (Å²) in [5.41, 5.74) is 6.04. The quantitative estimate of drug-likeness (QED) is 0.814. The lowest BCUT2D eigenvalue weighted by Gasteiger charge is -2.14. The predicted molar refractivity (Wildman–Crippen MR) is 64.0 cm³/mol. The van der Waals surface area contributed by atoms with Gasteiger partial charge in [-0.05, 0) is 18.4 Å². The molecule has 0 aliphatic carbocycles. The van der Waals surface area contributed by atoms with Crippen molar-refractivity contribution in [1.29, 1.82) is 0 Å². The van der Waals surface area contributed by atoms with E-state index < -0.39 is 5.82 Å². The van der Waals surface area contributed by atoms with Crippen LogP contribution in [0.4, 0.5) is 4.39 Å². The highest BCUT2D eigenvalue weighted by Crippen LogP contribution is 2.03. The van der Waals surface area contributed by atoms with Crippen molar-refractivity contribution in [2.24, 2.45) is 11.7 Å². The molecule has 0 radical (unpaired) electrons. The molecule has 0 spiro atoms. The molecule has 94 valence electrons. The van der Waals surface area contributed by atoms with Crippen molar-refractivity contribution in [3.63, 3.8) is 0 Å². The molecule has 1 amide bonds. The fraction of sp³-hybridized carbons (Fsp3) is 0.500. The number of nitrogens with two attached hydrogens (primary N) is 1. The fourth-order valence-corrected chi connectivity index (χ4v) is 1.55. The molecule has 0 aromatic carbocycles. The van der Waals surface area contributed by atoms with Crippen LogP contribution in [0.2, 0.25) is 0 Å². The van der Waals surface area contributed by atoms with Gasteiger partial charge in [-0.25, -0.2) is 4.39 Å². The van der Waals surface area contributed by atoms with E-state index in [0.717, 1.165) is 18.7 Å². The number of aromatic nitrogens is 1. The Morgan fingerprint density at radius 3 is 2.82 bits per heavy atom. The monoisotopic (exact) mass is 239 g/mol. The Kier molecular flexibility index (Phi) is 5.03. The van der Waals surface area contributed by atoms with Crippen molar-refractivity contribution < 1.29 is 9.18 Å². The molecule has 0 aliphatic rings. The molecule has 1 heterocycles. The summed E-state index contributed by atoms with van der Waals surface area (Å²) in [6.07, 6.45) is 3.22. The van der Waals surface area contributed by atoms with Gasteiger partial charge in [-0.15, -0.1) is 0 Å². The average Bonchev–Trinajstić information content (AvgIpc) is 2.25. The van der Waals surface area contributed by atoms with Gasteiger partial charge in [0.1, 0.15) is 5.82 Å². The summed E-state index contributed by atoms with van der Waals surface area (Å²) in [4.78, 5) is 15.2. The van der Waals surface area contributed by atoms with Crippen LogP contribution in [0.5, 0.6) is 0 Å². The Hall–Kier alpha value is -1.49. The molecule has 5 heteroatoms. The summed E-state index contributed by atoms with van der Waals surface area (Å²) in [6, 6.07) is 1.07. The smallest absolute Gasteiger partial charge is 0.253 e. The molecular weight excluding hydrogens is 221 g/mol. The maximum atomic E-state index is 12.8. The molecule has 3 N–H and O–H groups in total. The van der Waals surface area contributed by atoms with Gasteiger partial charge in [0.25, 0.3) is 5.91 Å². The first kappa shape index (κ1) is 13.6. The van der Waals surface area contributed by atoms with Gasteiger partial charge < -0.3 is 11.1 Å². The zero-order valence-corrected chi connectivity index (χ0v) is 10.1. The van der Waals surface area contributed by atoms with Crippen LogP contribution in [0.3, 0.4) is 0 Å². The van der Waals surface area contributed by atoms with E-state index in [9.17, 15) is 9.18 Å². The minimum absolute atomic E-state index is 0.0829. The third-order valence-corrected chi connectivity index (χ3v) is 2.27. The van der Waals surface area contributed by atoms with Crippen LogP contribution in [0, 0.1) is 11.7 Å². The summed E-state index contributed by atoms with van der Waals surface area (Å²) < 4.78 is 12.8. The van der Waals surface area contributed by atoms with E-state index >= 15 is 0 Å².